The van der Waals surface area contributed by atoms with Crippen LogP contribution >= 0.6 is 31.9 Å². The minimum Gasteiger partial charge on any atom is -0.271 e. The third-order valence-corrected chi connectivity index (χ3v) is 4.68. The Kier molecular flexibility index (Phi) is 5.32. The summed E-state index contributed by atoms with van der Waals surface area (Å²) < 4.78 is 15.7. The molecular weight excluding hydrogens is 387 g/mol. The molecule has 0 saturated carbocycles. The van der Waals surface area contributed by atoms with Gasteiger partial charge < -0.3 is 0 Å². The first kappa shape index (κ1) is 15.6. The fourth-order valence-corrected chi connectivity index (χ4v) is 2.88. The molecule has 2 rings (SSSR count). The van der Waals surface area contributed by atoms with Crippen molar-refractivity contribution in [1.29, 1.82) is 0 Å². The quantitative estimate of drug-likeness (QED) is 0.588. The van der Waals surface area contributed by atoms with E-state index in [1.54, 1.807) is 6.07 Å². The summed E-state index contributed by atoms with van der Waals surface area (Å²) in [5.74, 6) is 5.43. The lowest BCUT2D eigenvalue weighted by atomic mass is 9.95. The zero-order valence-electron chi connectivity index (χ0n) is 11.0. The van der Waals surface area contributed by atoms with Gasteiger partial charge in [-0.15, -0.1) is 0 Å². The van der Waals surface area contributed by atoms with Crippen molar-refractivity contribution in [3.05, 3.63) is 67.9 Å². The molecule has 0 bridgehead atoms. The van der Waals surface area contributed by atoms with Crippen molar-refractivity contribution < 1.29 is 4.39 Å². The molecule has 0 heterocycles. The molecule has 5 heteroatoms. The Balaban J connectivity index is 2.31. The lowest BCUT2D eigenvalue weighted by Gasteiger charge is -2.19. The summed E-state index contributed by atoms with van der Waals surface area (Å²) in [5, 5.41) is 0. The van der Waals surface area contributed by atoms with Gasteiger partial charge in [-0.25, -0.2) is 4.39 Å². The van der Waals surface area contributed by atoms with Gasteiger partial charge >= 0.3 is 0 Å². The van der Waals surface area contributed by atoms with E-state index >= 15 is 0 Å². The first-order chi connectivity index (χ1) is 9.52. The molecule has 1 unspecified atom stereocenters. The van der Waals surface area contributed by atoms with Gasteiger partial charge in [-0.1, -0.05) is 50.1 Å². The van der Waals surface area contributed by atoms with Gasteiger partial charge in [0, 0.05) is 8.95 Å². The first-order valence-corrected chi connectivity index (χ1v) is 7.76. The number of nitrogens with two attached hydrogens (primary N) is 1. The van der Waals surface area contributed by atoms with Gasteiger partial charge in [-0.05, 0) is 48.2 Å². The van der Waals surface area contributed by atoms with Gasteiger partial charge in [0.15, 0.2) is 0 Å². The third-order valence-electron chi connectivity index (χ3n) is 3.33. The normalized spacial score (nSPS) is 12.4. The van der Waals surface area contributed by atoms with Crippen molar-refractivity contribution in [2.45, 2.75) is 19.4 Å². The van der Waals surface area contributed by atoms with Gasteiger partial charge in [0.05, 0.1) is 6.04 Å². The second kappa shape index (κ2) is 6.80. The van der Waals surface area contributed by atoms with Crippen molar-refractivity contribution in [3.8, 4) is 0 Å². The molecule has 1 atom stereocenters. The zero-order valence-corrected chi connectivity index (χ0v) is 14.1. The van der Waals surface area contributed by atoms with Crippen molar-refractivity contribution in [2.75, 3.05) is 0 Å². The number of benzene rings is 2. The molecule has 0 saturated heterocycles. The molecule has 0 amide bonds. The molecule has 0 radical (unpaired) electrons. The molecule has 2 aromatic rings. The molecule has 0 aliphatic heterocycles. The number of hydrogen-bond acceptors (Lipinski definition) is 2. The van der Waals surface area contributed by atoms with E-state index in [1.165, 1.54) is 6.07 Å². The fourth-order valence-electron chi connectivity index (χ4n) is 2.17. The van der Waals surface area contributed by atoms with E-state index in [4.69, 9.17) is 5.84 Å². The van der Waals surface area contributed by atoms with Crippen LogP contribution in [0.25, 0.3) is 0 Å². The molecule has 106 valence electrons. The number of nitrogens with one attached hydrogen (secondary N) is 1. The molecule has 0 spiro atoms. The number of hydrogen-bond donors (Lipinski definition) is 2. The Labute approximate surface area is 134 Å². The Morgan fingerprint density at radius 2 is 2.00 bits per heavy atom. The van der Waals surface area contributed by atoms with Crippen molar-refractivity contribution in [1.82, 2.24) is 5.43 Å². The van der Waals surface area contributed by atoms with Gasteiger partial charge in [0.2, 0.25) is 0 Å². The smallest absolute Gasteiger partial charge is 0.127 e. The molecule has 2 nitrogen and oxygen atoms in total. The maximum Gasteiger partial charge on any atom is 0.127 e. The second-order valence-electron chi connectivity index (χ2n) is 4.61. The van der Waals surface area contributed by atoms with Crippen LogP contribution < -0.4 is 11.3 Å². The molecule has 3 N–H and O–H groups in total. The van der Waals surface area contributed by atoms with Gasteiger partial charge in [-0.2, -0.15) is 0 Å². The molecule has 0 fully saturated rings. The summed E-state index contributed by atoms with van der Waals surface area (Å²) in [6.07, 6.45) is 0.493. The van der Waals surface area contributed by atoms with E-state index < -0.39 is 0 Å². The Hall–Kier alpha value is -0.750. The highest BCUT2D eigenvalue weighted by Gasteiger charge is 2.16. The predicted octanol–water partition coefficient (Wildman–Crippen LogP) is 4.41. The Bertz CT molecular complexity index is 617. The minimum absolute atomic E-state index is 0.136. The monoisotopic (exact) mass is 400 g/mol. The second-order valence-corrected chi connectivity index (χ2v) is 6.38. The highest BCUT2D eigenvalue weighted by Crippen LogP contribution is 2.27. The Morgan fingerprint density at radius 3 is 2.65 bits per heavy atom. The van der Waals surface area contributed by atoms with Crippen LogP contribution in [0.2, 0.25) is 0 Å². The van der Waals surface area contributed by atoms with Crippen LogP contribution in [0.1, 0.15) is 22.7 Å². The average molecular weight is 402 g/mol. The minimum atomic E-state index is -0.229. The van der Waals surface area contributed by atoms with E-state index in [9.17, 15) is 4.39 Å². The molecule has 2 aromatic carbocycles. The largest absolute Gasteiger partial charge is 0.271 e. The average Bonchev–Trinajstić information content (AvgIpc) is 2.42. The molecular formula is C15H15Br2FN2. The summed E-state index contributed by atoms with van der Waals surface area (Å²) in [7, 11) is 0. The maximum absolute atomic E-state index is 13.9. The summed E-state index contributed by atoms with van der Waals surface area (Å²) in [6, 6.07) is 10.9. The summed E-state index contributed by atoms with van der Waals surface area (Å²) in [6.45, 7) is 2.02. The maximum atomic E-state index is 13.9. The SMILES string of the molecule is Cc1c(Br)cccc1C(Cc1ccc(Br)cc1F)NN. The van der Waals surface area contributed by atoms with Crippen LogP contribution in [-0.2, 0) is 6.42 Å². The third kappa shape index (κ3) is 3.47. The Morgan fingerprint density at radius 1 is 1.25 bits per heavy atom. The van der Waals surface area contributed by atoms with Crippen molar-refractivity contribution >= 4 is 31.9 Å². The van der Waals surface area contributed by atoms with E-state index in [2.05, 4.69) is 37.3 Å². The van der Waals surface area contributed by atoms with Gasteiger partial charge in [0.25, 0.3) is 0 Å². The molecule has 0 aliphatic carbocycles. The lowest BCUT2D eigenvalue weighted by Crippen LogP contribution is -2.30. The lowest BCUT2D eigenvalue weighted by molar-refractivity contribution is 0.527. The number of hydrazine groups is 1. The molecule has 0 aliphatic rings. The number of halogens is 3. The van der Waals surface area contributed by atoms with Crippen LogP contribution in [0.15, 0.2) is 45.3 Å². The molecule has 0 aromatic heterocycles. The number of rotatable bonds is 4. The summed E-state index contributed by atoms with van der Waals surface area (Å²) >= 11 is 6.76. The van der Waals surface area contributed by atoms with Crippen LogP contribution in [0, 0.1) is 12.7 Å². The highest BCUT2D eigenvalue weighted by molar-refractivity contribution is 9.10. The van der Waals surface area contributed by atoms with E-state index in [-0.39, 0.29) is 11.9 Å². The predicted molar refractivity (Wildman–Crippen MR) is 86.7 cm³/mol. The fraction of sp³-hybridized carbons (Fsp3) is 0.200. The van der Waals surface area contributed by atoms with Gasteiger partial charge in [-0.3, -0.25) is 11.3 Å². The van der Waals surface area contributed by atoms with Crippen LogP contribution in [-0.4, -0.2) is 0 Å². The summed E-state index contributed by atoms with van der Waals surface area (Å²) in [4.78, 5) is 0. The van der Waals surface area contributed by atoms with E-state index in [0.717, 1.165) is 20.1 Å². The van der Waals surface area contributed by atoms with E-state index in [1.807, 2.05) is 31.2 Å². The highest BCUT2D eigenvalue weighted by atomic mass is 79.9. The standard InChI is InChI=1S/C15H15Br2FN2/c1-9-12(3-2-4-13(9)17)15(20-19)7-10-5-6-11(16)8-14(10)18/h2-6,8,15,20H,7,19H2,1H3. The van der Waals surface area contributed by atoms with Gasteiger partial charge in [0.1, 0.15) is 5.82 Å². The molecule has 20 heavy (non-hydrogen) atoms. The summed E-state index contributed by atoms with van der Waals surface area (Å²) in [5.41, 5.74) is 5.58. The van der Waals surface area contributed by atoms with E-state index in [0.29, 0.717) is 12.0 Å². The van der Waals surface area contributed by atoms with Crippen molar-refractivity contribution in [3.63, 3.8) is 0 Å². The van der Waals surface area contributed by atoms with Crippen LogP contribution in [0.5, 0.6) is 0 Å². The van der Waals surface area contributed by atoms with Crippen LogP contribution in [0.3, 0.4) is 0 Å². The topological polar surface area (TPSA) is 38.0 Å². The van der Waals surface area contributed by atoms with Crippen LogP contribution in [0.4, 0.5) is 4.39 Å². The zero-order chi connectivity index (χ0) is 14.7. The van der Waals surface area contributed by atoms with Crippen molar-refractivity contribution in [2.24, 2.45) is 5.84 Å². The first-order valence-electron chi connectivity index (χ1n) is 6.18.